The molecule has 4 rings (SSSR count). The number of piperazine rings is 1. The number of carboxylic acid groups (broad SMARTS) is 1. The lowest BCUT2D eigenvalue weighted by Crippen LogP contribution is -2.64. The Kier molecular flexibility index (Phi) is 7.79. The zero-order valence-electron chi connectivity index (χ0n) is 19.0. The molecule has 1 unspecified atom stereocenters. The zero-order valence-corrected chi connectivity index (χ0v) is 19.0. The highest BCUT2D eigenvalue weighted by molar-refractivity contribution is 5.96. The van der Waals surface area contributed by atoms with Gasteiger partial charge in [-0.3, -0.25) is 14.5 Å². The van der Waals surface area contributed by atoms with Gasteiger partial charge in [-0.2, -0.15) is 13.2 Å². The van der Waals surface area contributed by atoms with Gasteiger partial charge < -0.3 is 14.9 Å². The van der Waals surface area contributed by atoms with Gasteiger partial charge in [0, 0.05) is 25.3 Å². The molecule has 0 bridgehead atoms. The number of anilines is 1. The van der Waals surface area contributed by atoms with Crippen molar-refractivity contribution in [1.82, 2.24) is 9.80 Å². The van der Waals surface area contributed by atoms with Gasteiger partial charge in [-0.25, -0.2) is 9.18 Å². The normalized spacial score (nSPS) is 20.5. The molecule has 2 heterocycles. The Bertz CT molecular complexity index is 1060. The number of carbonyl (C=O) groups excluding carboxylic acids is 2. The number of amides is 2. The number of likely N-dealkylation sites (N-methyl/N-ethyl adjacent to an activating group) is 1. The number of hydrogen-bond donors (Lipinski definition) is 1. The second kappa shape index (κ2) is 10.4. The van der Waals surface area contributed by atoms with Crippen LogP contribution in [0.2, 0.25) is 0 Å². The fraction of sp³-hybridized carbons (Fsp3) is 0.375. The lowest BCUT2D eigenvalue weighted by molar-refractivity contribution is -0.192. The van der Waals surface area contributed by atoms with Crippen molar-refractivity contribution in [3.05, 3.63) is 66.0 Å². The van der Waals surface area contributed by atoms with Crippen molar-refractivity contribution < 1.29 is 37.1 Å². The molecule has 1 spiro atoms. The standard InChI is InChI=1S/C22H24FN3O2.C2HF3O2/c1-24-14-21(28)26(19-5-3-2-4-6-19)16-22(24)11-12-25(15-22)20(27)13-17-7-9-18(23)10-8-17;3-2(4,5)1(6)7/h2-10H,11-16H2,1H3;(H,6,7). The number of para-hydroxylation sites is 1. The van der Waals surface area contributed by atoms with Crippen LogP contribution in [0.4, 0.5) is 23.2 Å². The van der Waals surface area contributed by atoms with E-state index >= 15 is 0 Å². The molecular formula is C24H25F4N3O4. The summed E-state index contributed by atoms with van der Waals surface area (Å²) in [6.07, 6.45) is -3.99. The molecule has 1 N–H and O–H groups in total. The van der Waals surface area contributed by atoms with Crippen molar-refractivity contribution in [3.63, 3.8) is 0 Å². The molecule has 0 saturated carbocycles. The summed E-state index contributed by atoms with van der Waals surface area (Å²) in [6.45, 7) is 2.18. The molecule has 2 saturated heterocycles. The Morgan fingerprint density at radius 2 is 1.63 bits per heavy atom. The Morgan fingerprint density at radius 3 is 2.20 bits per heavy atom. The second-order valence-corrected chi connectivity index (χ2v) is 8.57. The largest absolute Gasteiger partial charge is 0.490 e. The SMILES string of the molecule is CN1CC(=O)N(c2ccccc2)CC12CCN(C(=O)Cc1ccc(F)cc1)C2.O=C(O)C(F)(F)F. The quantitative estimate of drug-likeness (QED) is 0.663. The third-order valence-electron chi connectivity index (χ3n) is 6.20. The Morgan fingerprint density at radius 1 is 1.03 bits per heavy atom. The minimum atomic E-state index is -5.08. The maximum absolute atomic E-state index is 13.1. The number of hydrogen-bond acceptors (Lipinski definition) is 4. The molecule has 2 fully saturated rings. The maximum Gasteiger partial charge on any atom is 0.490 e. The molecule has 0 aromatic heterocycles. The molecule has 35 heavy (non-hydrogen) atoms. The van der Waals surface area contributed by atoms with Gasteiger partial charge in [0.15, 0.2) is 0 Å². The van der Waals surface area contributed by atoms with Gasteiger partial charge in [0.1, 0.15) is 5.82 Å². The number of likely N-dealkylation sites (tertiary alicyclic amines) is 1. The van der Waals surface area contributed by atoms with Crippen LogP contribution < -0.4 is 4.90 Å². The number of benzene rings is 2. The van der Waals surface area contributed by atoms with E-state index in [4.69, 9.17) is 9.90 Å². The minimum absolute atomic E-state index is 0.0417. The number of alkyl halides is 3. The van der Waals surface area contributed by atoms with Crippen molar-refractivity contribution in [2.75, 3.05) is 38.1 Å². The van der Waals surface area contributed by atoms with Crippen LogP contribution in [0.5, 0.6) is 0 Å². The monoisotopic (exact) mass is 495 g/mol. The van der Waals surface area contributed by atoms with E-state index in [0.29, 0.717) is 26.2 Å². The summed E-state index contributed by atoms with van der Waals surface area (Å²) in [6, 6.07) is 15.8. The van der Waals surface area contributed by atoms with Crippen LogP contribution in [-0.4, -0.2) is 77.6 Å². The van der Waals surface area contributed by atoms with Crippen molar-refractivity contribution in [1.29, 1.82) is 0 Å². The van der Waals surface area contributed by atoms with Crippen LogP contribution in [-0.2, 0) is 20.8 Å². The van der Waals surface area contributed by atoms with E-state index < -0.39 is 12.1 Å². The first-order chi connectivity index (χ1) is 16.4. The van der Waals surface area contributed by atoms with E-state index in [1.54, 1.807) is 12.1 Å². The summed E-state index contributed by atoms with van der Waals surface area (Å²) in [7, 11) is 1.97. The summed E-state index contributed by atoms with van der Waals surface area (Å²) in [5.41, 5.74) is 1.48. The topological polar surface area (TPSA) is 81.2 Å². The third kappa shape index (κ3) is 6.36. The van der Waals surface area contributed by atoms with Crippen molar-refractivity contribution in [2.24, 2.45) is 0 Å². The fourth-order valence-corrected chi connectivity index (χ4v) is 4.20. The van der Waals surface area contributed by atoms with Gasteiger partial charge in [0.2, 0.25) is 11.8 Å². The molecule has 7 nitrogen and oxygen atoms in total. The highest BCUT2D eigenvalue weighted by Crippen LogP contribution is 2.33. The highest BCUT2D eigenvalue weighted by atomic mass is 19.4. The zero-order chi connectivity index (χ0) is 25.8. The molecule has 0 aliphatic carbocycles. The lowest BCUT2D eigenvalue weighted by Gasteiger charge is -2.46. The van der Waals surface area contributed by atoms with Gasteiger partial charge in [0.25, 0.3) is 0 Å². The summed E-state index contributed by atoms with van der Waals surface area (Å²) in [5, 5.41) is 7.12. The van der Waals surface area contributed by atoms with Crippen LogP contribution in [0.25, 0.3) is 0 Å². The van der Waals surface area contributed by atoms with E-state index in [-0.39, 0.29) is 29.6 Å². The lowest BCUT2D eigenvalue weighted by atomic mass is 9.92. The summed E-state index contributed by atoms with van der Waals surface area (Å²) in [5.74, 6) is -2.94. The van der Waals surface area contributed by atoms with Crippen LogP contribution in [0, 0.1) is 5.82 Å². The van der Waals surface area contributed by atoms with Crippen LogP contribution in [0.3, 0.4) is 0 Å². The number of aliphatic carboxylic acids is 1. The van der Waals surface area contributed by atoms with Gasteiger partial charge in [-0.15, -0.1) is 0 Å². The van der Waals surface area contributed by atoms with Gasteiger partial charge in [-0.1, -0.05) is 30.3 Å². The van der Waals surface area contributed by atoms with Crippen LogP contribution in [0.1, 0.15) is 12.0 Å². The summed E-state index contributed by atoms with van der Waals surface area (Å²) >= 11 is 0. The number of nitrogens with zero attached hydrogens (tertiary/aromatic N) is 3. The number of carboxylic acids is 1. The average molecular weight is 495 g/mol. The number of halogens is 4. The number of carbonyl (C=O) groups is 3. The van der Waals surface area contributed by atoms with E-state index in [9.17, 15) is 27.2 Å². The van der Waals surface area contributed by atoms with Gasteiger partial charge >= 0.3 is 12.1 Å². The maximum atomic E-state index is 13.1. The van der Waals surface area contributed by atoms with E-state index in [1.165, 1.54) is 12.1 Å². The molecule has 2 aliphatic heterocycles. The van der Waals surface area contributed by atoms with E-state index in [1.807, 2.05) is 47.2 Å². The molecule has 188 valence electrons. The van der Waals surface area contributed by atoms with E-state index in [2.05, 4.69) is 4.90 Å². The predicted octanol–water partition coefficient (Wildman–Crippen LogP) is 2.95. The smallest absolute Gasteiger partial charge is 0.475 e. The second-order valence-electron chi connectivity index (χ2n) is 8.57. The Labute approximate surface area is 199 Å². The molecule has 2 aromatic carbocycles. The molecule has 1 atom stereocenters. The van der Waals surface area contributed by atoms with Crippen molar-refractivity contribution >= 4 is 23.5 Å². The molecule has 2 amide bonds. The Hall–Kier alpha value is -3.47. The average Bonchev–Trinajstić information content (AvgIpc) is 3.24. The fourth-order valence-electron chi connectivity index (χ4n) is 4.20. The molecular weight excluding hydrogens is 470 g/mol. The molecule has 2 aliphatic rings. The van der Waals surface area contributed by atoms with Gasteiger partial charge in [0.05, 0.1) is 18.5 Å². The first-order valence-corrected chi connectivity index (χ1v) is 10.8. The summed E-state index contributed by atoms with van der Waals surface area (Å²) in [4.78, 5) is 40.1. The first kappa shape index (κ1) is 26.1. The first-order valence-electron chi connectivity index (χ1n) is 10.8. The minimum Gasteiger partial charge on any atom is -0.475 e. The third-order valence-corrected chi connectivity index (χ3v) is 6.20. The molecule has 11 heteroatoms. The predicted molar refractivity (Wildman–Crippen MR) is 119 cm³/mol. The highest BCUT2D eigenvalue weighted by Gasteiger charge is 2.48. The molecule has 2 aromatic rings. The van der Waals surface area contributed by atoms with Crippen molar-refractivity contribution in [3.8, 4) is 0 Å². The Balaban J connectivity index is 0.000000429. The van der Waals surface area contributed by atoms with Crippen molar-refractivity contribution in [2.45, 2.75) is 24.6 Å². The number of rotatable bonds is 3. The molecule has 0 radical (unpaired) electrons. The summed E-state index contributed by atoms with van der Waals surface area (Å²) < 4.78 is 44.8. The van der Waals surface area contributed by atoms with Crippen LogP contribution >= 0.6 is 0 Å². The van der Waals surface area contributed by atoms with E-state index in [0.717, 1.165) is 17.7 Å². The van der Waals surface area contributed by atoms with Crippen LogP contribution in [0.15, 0.2) is 54.6 Å². The van der Waals surface area contributed by atoms with Gasteiger partial charge in [-0.05, 0) is 43.3 Å².